The van der Waals surface area contributed by atoms with E-state index in [4.69, 9.17) is 9.47 Å². The molecule has 0 fully saturated rings. The predicted octanol–water partition coefficient (Wildman–Crippen LogP) is -1.79. The summed E-state index contributed by atoms with van der Waals surface area (Å²) >= 11 is 1.67. The third-order valence-electron chi connectivity index (χ3n) is 3.08. The van der Waals surface area contributed by atoms with Crippen molar-refractivity contribution in [2.75, 3.05) is 19.1 Å². The van der Waals surface area contributed by atoms with Crippen LogP contribution in [0.3, 0.4) is 0 Å². The van der Waals surface area contributed by atoms with Crippen LogP contribution >= 0.6 is 11.8 Å². The molecule has 2 heterocycles. The number of aryl methyl sites for hydroxylation is 1. The molecule has 0 bridgehead atoms. The standard InChI is InChI=1S/C13H17N5O2S.ClH/c1-18-13(15-16-17-18)21-6-2-5-14-8-10-3-4-11-12(7-10)20-9-19-11;/h3-4,7,14H,2,5-6,8-9H2,1H3;1H/p-1. The van der Waals surface area contributed by atoms with Crippen LogP contribution in [0.5, 0.6) is 11.5 Å². The van der Waals surface area contributed by atoms with Gasteiger partial charge in [0.2, 0.25) is 11.9 Å². The van der Waals surface area contributed by atoms with Gasteiger partial charge in [0, 0.05) is 19.3 Å². The van der Waals surface area contributed by atoms with Crippen LogP contribution in [0.1, 0.15) is 12.0 Å². The number of thioether (sulfide) groups is 1. The minimum absolute atomic E-state index is 0. The Kier molecular flexibility index (Phi) is 6.29. The maximum Gasteiger partial charge on any atom is 0.231 e. The highest BCUT2D eigenvalue weighted by Crippen LogP contribution is 2.32. The van der Waals surface area contributed by atoms with Gasteiger partial charge in [-0.15, -0.1) is 5.10 Å². The molecule has 1 N–H and O–H groups in total. The molecule has 0 unspecified atom stereocenters. The predicted molar refractivity (Wildman–Crippen MR) is 78.4 cm³/mol. The minimum Gasteiger partial charge on any atom is -1.00 e. The Morgan fingerprint density at radius 1 is 1.32 bits per heavy atom. The Hall–Kier alpha value is -1.51. The van der Waals surface area contributed by atoms with E-state index in [1.807, 2.05) is 19.2 Å². The maximum atomic E-state index is 5.36. The number of aromatic nitrogens is 4. The number of benzene rings is 1. The summed E-state index contributed by atoms with van der Waals surface area (Å²) in [6.07, 6.45) is 1.06. The molecular weight excluding hydrogens is 326 g/mol. The normalized spacial score (nSPS) is 12.2. The molecule has 0 atom stereocenters. The van der Waals surface area contributed by atoms with Crippen LogP contribution in [0.15, 0.2) is 23.4 Å². The molecule has 1 aliphatic rings. The number of halogens is 1. The molecule has 0 radical (unpaired) electrons. The van der Waals surface area contributed by atoms with Crippen LogP contribution in [0.2, 0.25) is 0 Å². The Morgan fingerprint density at radius 2 is 2.18 bits per heavy atom. The van der Waals surface area contributed by atoms with Gasteiger partial charge in [-0.3, -0.25) is 0 Å². The van der Waals surface area contributed by atoms with Crippen molar-refractivity contribution in [3.8, 4) is 11.5 Å². The number of fused-ring (bicyclic) bond motifs is 1. The zero-order chi connectivity index (χ0) is 14.5. The van der Waals surface area contributed by atoms with Crippen molar-refractivity contribution in [3.05, 3.63) is 23.8 Å². The first-order chi connectivity index (χ1) is 10.3. The number of nitrogens with zero attached hydrogens (tertiary/aromatic N) is 4. The van der Waals surface area contributed by atoms with Crippen molar-refractivity contribution < 1.29 is 21.9 Å². The lowest BCUT2D eigenvalue weighted by atomic mass is 10.2. The zero-order valence-corrected chi connectivity index (χ0v) is 13.7. The maximum absolute atomic E-state index is 5.36. The lowest BCUT2D eigenvalue weighted by Gasteiger charge is -2.05. The van der Waals surface area contributed by atoms with Gasteiger partial charge in [0.1, 0.15) is 0 Å². The summed E-state index contributed by atoms with van der Waals surface area (Å²) in [4.78, 5) is 0. The molecule has 22 heavy (non-hydrogen) atoms. The van der Waals surface area contributed by atoms with E-state index in [2.05, 4.69) is 26.9 Å². The lowest BCUT2D eigenvalue weighted by molar-refractivity contribution is -0.00000607. The smallest absolute Gasteiger partial charge is 0.231 e. The first kappa shape index (κ1) is 16.9. The van der Waals surface area contributed by atoms with Crippen LogP contribution < -0.4 is 27.2 Å². The third kappa shape index (κ3) is 4.25. The van der Waals surface area contributed by atoms with Crippen molar-refractivity contribution in [3.63, 3.8) is 0 Å². The summed E-state index contributed by atoms with van der Waals surface area (Å²) in [6.45, 7) is 2.10. The molecule has 7 nitrogen and oxygen atoms in total. The molecule has 9 heteroatoms. The van der Waals surface area contributed by atoms with E-state index in [0.717, 1.165) is 41.9 Å². The van der Waals surface area contributed by atoms with Crippen LogP contribution in [0.4, 0.5) is 0 Å². The molecule has 0 amide bonds. The van der Waals surface area contributed by atoms with Crippen LogP contribution in [0.25, 0.3) is 0 Å². The van der Waals surface area contributed by atoms with Gasteiger partial charge < -0.3 is 27.2 Å². The van der Waals surface area contributed by atoms with E-state index in [1.54, 1.807) is 16.4 Å². The van der Waals surface area contributed by atoms with Crippen molar-refractivity contribution in [1.82, 2.24) is 25.5 Å². The highest BCUT2D eigenvalue weighted by atomic mass is 35.5. The fourth-order valence-electron chi connectivity index (χ4n) is 1.99. The van der Waals surface area contributed by atoms with Crippen LogP contribution in [-0.2, 0) is 13.6 Å². The van der Waals surface area contributed by atoms with Gasteiger partial charge in [0.25, 0.3) is 0 Å². The van der Waals surface area contributed by atoms with E-state index in [1.165, 1.54) is 5.56 Å². The van der Waals surface area contributed by atoms with E-state index in [-0.39, 0.29) is 12.4 Å². The average molecular weight is 343 g/mol. The van der Waals surface area contributed by atoms with Crippen molar-refractivity contribution in [1.29, 1.82) is 0 Å². The largest absolute Gasteiger partial charge is 1.00 e. The summed E-state index contributed by atoms with van der Waals surface area (Å²) in [5, 5.41) is 15.6. The number of nitrogens with one attached hydrogen (secondary N) is 1. The molecule has 120 valence electrons. The van der Waals surface area contributed by atoms with Crippen LogP contribution in [-0.4, -0.2) is 39.3 Å². The molecule has 1 aromatic carbocycles. The summed E-state index contributed by atoms with van der Waals surface area (Å²) in [5.41, 5.74) is 1.20. The van der Waals surface area contributed by atoms with Gasteiger partial charge in [-0.05, 0) is 41.1 Å². The summed E-state index contributed by atoms with van der Waals surface area (Å²) < 4.78 is 12.3. The topological polar surface area (TPSA) is 74.1 Å². The second-order valence-electron chi connectivity index (χ2n) is 4.65. The van der Waals surface area contributed by atoms with Gasteiger partial charge >= 0.3 is 0 Å². The first-order valence-corrected chi connectivity index (χ1v) is 7.76. The third-order valence-corrected chi connectivity index (χ3v) is 4.17. The minimum atomic E-state index is 0. The number of tetrazole rings is 1. The van der Waals surface area contributed by atoms with E-state index >= 15 is 0 Å². The van der Waals surface area contributed by atoms with Crippen molar-refractivity contribution in [2.45, 2.75) is 18.1 Å². The summed E-state index contributed by atoms with van der Waals surface area (Å²) in [6, 6.07) is 6.03. The zero-order valence-electron chi connectivity index (χ0n) is 12.2. The highest BCUT2D eigenvalue weighted by Gasteiger charge is 2.12. The van der Waals surface area contributed by atoms with Gasteiger partial charge in [-0.2, -0.15) is 0 Å². The monoisotopic (exact) mass is 342 g/mol. The van der Waals surface area contributed by atoms with Crippen molar-refractivity contribution in [2.24, 2.45) is 7.05 Å². The number of hydrogen-bond donors (Lipinski definition) is 1. The van der Waals surface area contributed by atoms with Gasteiger partial charge in [0.05, 0.1) is 0 Å². The fourth-order valence-corrected chi connectivity index (χ4v) is 2.78. The molecule has 0 spiro atoms. The molecule has 0 saturated carbocycles. The molecule has 2 aromatic rings. The molecule has 1 aromatic heterocycles. The molecular formula is C13H17ClN5O2S-. The quantitative estimate of drug-likeness (QED) is 0.471. The number of hydrogen-bond acceptors (Lipinski definition) is 7. The fraction of sp³-hybridized carbons (Fsp3) is 0.462. The second kappa shape index (κ2) is 8.21. The van der Waals surface area contributed by atoms with Gasteiger partial charge in [0.15, 0.2) is 11.5 Å². The van der Waals surface area contributed by atoms with Crippen LogP contribution in [0, 0.1) is 0 Å². The Bertz CT molecular complexity index is 610. The lowest BCUT2D eigenvalue weighted by Crippen LogP contribution is -3.00. The number of rotatable bonds is 7. The molecule has 3 rings (SSSR count). The van der Waals surface area contributed by atoms with E-state index < -0.39 is 0 Å². The molecule has 0 aliphatic carbocycles. The summed E-state index contributed by atoms with van der Waals surface area (Å²) in [7, 11) is 1.85. The van der Waals surface area contributed by atoms with Crippen molar-refractivity contribution >= 4 is 11.8 Å². The molecule has 1 aliphatic heterocycles. The van der Waals surface area contributed by atoms with Gasteiger partial charge in [-0.1, -0.05) is 17.8 Å². The molecule has 0 saturated heterocycles. The second-order valence-corrected chi connectivity index (χ2v) is 5.71. The Labute approximate surface area is 139 Å². The SMILES string of the molecule is Cn1nnnc1SCCCNCc1ccc2c(c1)OCO2.[Cl-]. The summed E-state index contributed by atoms with van der Waals surface area (Å²) in [5.74, 6) is 2.65. The van der Waals surface area contributed by atoms with Gasteiger partial charge in [-0.25, -0.2) is 4.68 Å². The number of ether oxygens (including phenoxy) is 2. The first-order valence-electron chi connectivity index (χ1n) is 6.77. The van der Waals surface area contributed by atoms with E-state index in [0.29, 0.717) is 6.79 Å². The Morgan fingerprint density at radius 3 is 3.00 bits per heavy atom. The van der Waals surface area contributed by atoms with E-state index in [9.17, 15) is 0 Å². The average Bonchev–Trinajstić information content (AvgIpc) is 3.11. The Balaban J connectivity index is 0.00000176. The highest BCUT2D eigenvalue weighted by molar-refractivity contribution is 7.99.